The third-order valence-electron chi connectivity index (χ3n) is 3.62. The summed E-state index contributed by atoms with van der Waals surface area (Å²) in [6, 6.07) is 4.83. The molecule has 0 aromatic heterocycles. The Labute approximate surface area is 117 Å². The van der Waals surface area contributed by atoms with Gasteiger partial charge in [-0.2, -0.15) is 0 Å². The van der Waals surface area contributed by atoms with E-state index < -0.39 is 4.92 Å². The average Bonchev–Trinajstić information content (AvgIpc) is 2.84. The zero-order chi connectivity index (χ0) is 14.7. The van der Waals surface area contributed by atoms with Crippen molar-refractivity contribution in [2.75, 3.05) is 18.4 Å². The van der Waals surface area contributed by atoms with E-state index in [1.54, 1.807) is 17.0 Å². The number of carbonyl (C=O) groups excluding carboxylic acids is 1. The van der Waals surface area contributed by atoms with Crippen LogP contribution in [-0.2, 0) is 0 Å². The maximum Gasteiger partial charge on any atom is 0.293 e. The second kappa shape index (κ2) is 5.90. The molecule has 0 radical (unpaired) electrons. The summed E-state index contributed by atoms with van der Waals surface area (Å²) in [6.07, 6.45) is 1.98. The Kier molecular flexibility index (Phi) is 4.22. The van der Waals surface area contributed by atoms with E-state index >= 15 is 0 Å². The van der Waals surface area contributed by atoms with Crippen molar-refractivity contribution in [2.45, 2.75) is 32.7 Å². The zero-order valence-electron chi connectivity index (χ0n) is 11.8. The molecule has 1 aliphatic rings. The van der Waals surface area contributed by atoms with Crippen LogP contribution in [0.4, 0.5) is 11.4 Å². The molecule has 6 heteroatoms. The van der Waals surface area contributed by atoms with E-state index in [4.69, 9.17) is 0 Å². The van der Waals surface area contributed by atoms with Gasteiger partial charge in [0.25, 0.3) is 11.6 Å². The normalized spacial score (nSPS) is 18.1. The van der Waals surface area contributed by atoms with Crippen molar-refractivity contribution in [3.63, 3.8) is 0 Å². The number of amides is 1. The van der Waals surface area contributed by atoms with Gasteiger partial charge in [0.05, 0.1) is 4.92 Å². The first kappa shape index (κ1) is 14.3. The van der Waals surface area contributed by atoms with Crippen LogP contribution in [0.25, 0.3) is 0 Å². The fourth-order valence-electron chi connectivity index (χ4n) is 2.56. The van der Waals surface area contributed by atoms with Crippen LogP contribution in [-0.4, -0.2) is 34.9 Å². The molecule has 1 aromatic carbocycles. The number of anilines is 1. The van der Waals surface area contributed by atoms with Gasteiger partial charge in [0.15, 0.2) is 0 Å². The molecular weight excluding hydrogens is 258 g/mol. The van der Waals surface area contributed by atoms with E-state index in [-0.39, 0.29) is 17.6 Å². The predicted molar refractivity (Wildman–Crippen MR) is 77.0 cm³/mol. The highest BCUT2D eigenvalue weighted by Gasteiger charge is 2.27. The van der Waals surface area contributed by atoms with Gasteiger partial charge in [-0.05, 0) is 38.8 Å². The summed E-state index contributed by atoms with van der Waals surface area (Å²) in [5.74, 6) is -0.124. The smallest absolute Gasteiger partial charge is 0.293 e. The van der Waals surface area contributed by atoms with Crippen molar-refractivity contribution in [3.8, 4) is 0 Å². The molecule has 1 N–H and O–H groups in total. The van der Waals surface area contributed by atoms with Gasteiger partial charge in [0, 0.05) is 30.8 Å². The Balaban J connectivity index is 2.30. The van der Waals surface area contributed by atoms with Crippen molar-refractivity contribution in [1.29, 1.82) is 0 Å². The van der Waals surface area contributed by atoms with E-state index in [0.717, 1.165) is 19.4 Å². The van der Waals surface area contributed by atoms with Gasteiger partial charge in [0.1, 0.15) is 5.69 Å². The van der Waals surface area contributed by atoms with E-state index in [1.165, 1.54) is 6.07 Å². The van der Waals surface area contributed by atoms with Crippen LogP contribution >= 0.6 is 0 Å². The lowest BCUT2D eigenvalue weighted by atomic mass is 10.1. The number of nitrogens with zero attached hydrogens (tertiary/aromatic N) is 2. The molecule has 6 nitrogen and oxygen atoms in total. The van der Waals surface area contributed by atoms with Gasteiger partial charge in [-0.15, -0.1) is 0 Å². The summed E-state index contributed by atoms with van der Waals surface area (Å²) in [7, 11) is 0. The van der Waals surface area contributed by atoms with Crippen LogP contribution in [0.2, 0.25) is 0 Å². The number of nitrogens with one attached hydrogen (secondary N) is 1. The van der Waals surface area contributed by atoms with Crippen LogP contribution in [0, 0.1) is 10.1 Å². The molecule has 1 heterocycles. The molecule has 1 saturated heterocycles. The first-order valence-corrected chi connectivity index (χ1v) is 6.88. The number of likely N-dealkylation sites (tertiary alicyclic amines) is 1. The van der Waals surface area contributed by atoms with E-state index in [2.05, 4.69) is 5.32 Å². The summed E-state index contributed by atoms with van der Waals surface area (Å²) in [6.45, 7) is 5.20. The third kappa shape index (κ3) is 2.74. The summed E-state index contributed by atoms with van der Waals surface area (Å²) in [5.41, 5.74) is 0.778. The second-order valence-electron chi connectivity index (χ2n) is 5.01. The molecular formula is C14H19N3O3. The summed E-state index contributed by atoms with van der Waals surface area (Å²) < 4.78 is 0. The molecule has 20 heavy (non-hydrogen) atoms. The number of carbonyl (C=O) groups is 1. The third-order valence-corrected chi connectivity index (χ3v) is 3.62. The molecule has 1 atom stereocenters. The SMILES string of the molecule is CCNc1ccc(C(=O)N2CCCC2C)cc1[N+](=O)[O-]. The molecule has 1 fully saturated rings. The highest BCUT2D eigenvalue weighted by atomic mass is 16.6. The quantitative estimate of drug-likeness (QED) is 0.678. The molecule has 0 aliphatic carbocycles. The lowest BCUT2D eigenvalue weighted by Gasteiger charge is -2.21. The van der Waals surface area contributed by atoms with Crippen LogP contribution in [0.1, 0.15) is 37.0 Å². The monoisotopic (exact) mass is 277 g/mol. The Hall–Kier alpha value is -2.11. The summed E-state index contributed by atoms with van der Waals surface area (Å²) in [4.78, 5) is 24.8. The average molecular weight is 277 g/mol. The van der Waals surface area contributed by atoms with Gasteiger partial charge < -0.3 is 10.2 Å². The standard InChI is InChI=1S/C14H19N3O3/c1-3-15-12-7-6-11(9-13(12)17(19)20)14(18)16-8-4-5-10(16)2/h6-7,9-10,15H,3-5,8H2,1-2H3. The van der Waals surface area contributed by atoms with Crippen LogP contribution < -0.4 is 5.32 Å². The fourth-order valence-corrected chi connectivity index (χ4v) is 2.56. The minimum atomic E-state index is -0.456. The molecule has 0 spiro atoms. The van der Waals surface area contributed by atoms with E-state index in [1.807, 2.05) is 13.8 Å². The van der Waals surface area contributed by atoms with Crippen molar-refractivity contribution < 1.29 is 9.72 Å². The highest BCUT2D eigenvalue weighted by molar-refractivity contribution is 5.96. The Bertz CT molecular complexity index is 530. The Morgan fingerprint density at radius 1 is 1.55 bits per heavy atom. The number of rotatable bonds is 4. The number of benzene rings is 1. The van der Waals surface area contributed by atoms with Crippen molar-refractivity contribution in [2.24, 2.45) is 0 Å². The summed E-state index contributed by atoms with van der Waals surface area (Å²) >= 11 is 0. The maximum atomic E-state index is 12.4. The van der Waals surface area contributed by atoms with Crippen molar-refractivity contribution >= 4 is 17.3 Å². The summed E-state index contributed by atoms with van der Waals surface area (Å²) in [5, 5.41) is 14.0. The molecule has 1 aliphatic heterocycles. The fraction of sp³-hybridized carbons (Fsp3) is 0.500. The zero-order valence-corrected chi connectivity index (χ0v) is 11.8. The van der Waals surface area contributed by atoms with Crippen LogP contribution in [0.15, 0.2) is 18.2 Å². The Morgan fingerprint density at radius 3 is 2.85 bits per heavy atom. The van der Waals surface area contributed by atoms with Gasteiger partial charge in [0.2, 0.25) is 0 Å². The lowest BCUT2D eigenvalue weighted by molar-refractivity contribution is -0.384. The number of nitro benzene ring substituents is 1. The molecule has 0 saturated carbocycles. The highest BCUT2D eigenvalue weighted by Crippen LogP contribution is 2.27. The van der Waals surface area contributed by atoms with Gasteiger partial charge in [-0.25, -0.2) is 0 Å². The molecule has 1 aromatic rings. The van der Waals surface area contributed by atoms with Crippen molar-refractivity contribution in [3.05, 3.63) is 33.9 Å². The van der Waals surface area contributed by atoms with Gasteiger partial charge >= 0.3 is 0 Å². The molecule has 1 unspecified atom stereocenters. The predicted octanol–water partition coefficient (Wildman–Crippen LogP) is 2.65. The number of nitro groups is 1. The molecule has 108 valence electrons. The molecule has 0 bridgehead atoms. The van der Waals surface area contributed by atoms with Crippen molar-refractivity contribution in [1.82, 2.24) is 4.90 Å². The number of hydrogen-bond donors (Lipinski definition) is 1. The first-order valence-electron chi connectivity index (χ1n) is 6.88. The lowest BCUT2D eigenvalue weighted by Crippen LogP contribution is -2.33. The van der Waals surface area contributed by atoms with E-state index in [0.29, 0.717) is 17.8 Å². The first-order chi connectivity index (χ1) is 9.54. The topological polar surface area (TPSA) is 75.5 Å². The number of hydrogen-bond acceptors (Lipinski definition) is 4. The van der Waals surface area contributed by atoms with Crippen LogP contribution in [0.3, 0.4) is 0 Å². The largest absolute Gasteiger partial charge is 0.380 e. The van der Waals surface area contributed by atoms with Crippen LogP contribution in [0.5, 0.6) is 0 Å². The molecule has 1 amide bonds. The molecule has 2 rings (SSSR count). The Morgan fingerprint density at radius 2 is 2.30 bits per heavy atom. The second-order valence-corrected chi connectivity index (χ2v) is 5.01. The van der Waals surface area contributed by atoms with E-state index in [9.17, 15) is 14.9 Å². The minimum Gasteiger partial charge on any atom is -0.380 e. The van der Waals surface area contributed by atoms with Gasteiger partial charge in [-0.1, -0.05) is 0 Å². The minimum absolute atomic E-state index is 0.0513. The maximum absolute atomic E-state index is 12.4. The van der Waals surface area contributed by atoms with Gasteiger partial charge in [-0.3, -0.25) is 14.9 Å².